The summed E-state index contributed by atoms with van der Waals surface area (Å²) in [5, 5.41) is 13.1. The summed E-state index contributed by atoms with van der Waals surface area (Å²) in [5.74, 6) is -0.286. The Hall–Kier alpha value is -2.05. The van der Waals surface area contributed by atoms with Crippen LogP contribution in [0.2, 0.25) is 5.02 Å². The van der Waals surface area contributed by atoms with Crippen LogP contribution in [-0.2, 0) is 6.42 Å². The van der Waals surface area contributed by atoms with Gasteiger partial charge in [0.1, 0.15) is 11.4 Å². The minimum atomic E-state index is -0.817. The lowest BCUT2D eigenvalue weighted by Gasteiger charge is -2.25. The quantitative estimate of drug-likeness (QED) is 0.904. The summed E-state index contributed by atoms with van der Waals surface area (Å²) in [6.45, 7) is 1.79. The van der Waals surface area contributed by atoms with Crippen molar-refractivity contribution in [2.24, 2.45) is 0 Å². The van der Waals surface area contributed by atoms with Crippen LogP contribution in [0.1, 0.15) is 12.5 Å². The van der Waals surface area contributed by atoms with Crippen LogP contribution < -0.4 is 5.32 Å². The van der Waals surface area contributed by atoms with E-state index in [0.717, 1.165) is 5.56 Å². The van der Waals surface area contributed by atoms with E-state index >= 15 is 0 Å². The van der Waals surface area contributed by atoms with Crippen molar-refractivity contribution in [1.29, 1.82) is 5.26 Å². The predicted molar refractivity (Wildman–Crippen MR) is 79.2 cm³/mol. The summed E-state index contributed by atoms with van der Waals surface area (Å²) in [4.78, 5) is 0. The van der Waals surface area contributed by atoms with Gasteiger partial charge in [0.15, 0.2) is 0 Å². The Bertz CT molecular complexity index is 634. The van der Waals surface area contributed by atoms with Gasteiger partial charge in [0, 0.05) is 6.42 Å². The summed E-state index contributed by atoms with van der Waals surface area (Å²) in [7, 11) is 0. The van der Waals surface area contributed by atoms with Gasteiger partial charge in [0.2, 0.25) is 0 Å². The Labute approximate surface area is 122 Å². The summed E-state index contributed by atoms with van der Waals surface area (Å²) in [6, 6.07) is 15.7. The first-order valence-electron chi connectivity index (χ1n) is 6.21. The molecule has 2 nitrogen and oxygen atoms in total. The molecule has 2 aromatic rings. The van der Waals surface area contributed by atoms with Crippen LogP contribution in [0.4, 0.5) is 10.1 Å². The van der Waals surface area contributed by atoms with E-state index in [-0.39, 0.29) is 5.82 Å². The molecule has 0 spiro atoms. The van der Waals surface area contributed by atoms with E-state index in [4.69, 9.17) is 11.6 Å². The molecule has 0 heterocycles. The Kier molecular flexibility index (Phi) is 4.26. The van der Waals surface area contributed by atoms with E-state index in [2.05, 4.69) is 11.4 Å². The number of hydrogen-bond acceptors (Lipinski definition) is 2. The fraction of sp³-hybridized carbons (Fsp3) is 0.188. The predicted octanol–water partition coefficient (Wildman–Crippen LogP) is 4.42. The van der Waals surface area contributed by atoms with Gasteiger partial charge in [-0.2, -0.15) is 5.26 Å². The largest absolute Gasteiger partial charge is 0.366 e. The van der Waals surface area contributed by atoms with Gasteiger partial charge in [-0.3, -0.25) is 0 Å². The molecule has 0 fully saturated rings. The number of nitriles is 1. The van der Waals surface area contributed by atoms with Crippen LogP contribution in [0.5, 0.6) is 0 Å². The van der Waals surface area contributed by atoms with Gasteiger partial charge in [-0.05, 0) is 36.8 Å². The van der Waals surface area contributed by atoms with Crippen molar-refractivity contribution < 1.29 is 4.39 Å². The highest BCUT2D eigenvalue weighted by Gasteiger charge is 2.24. The van der Waals surface area contributed by atoms with E-state index in [1.54, 1.807) is 25.1 Å². The molecule has 2 rings (SSSR count). The summed E-state index contributed by atoms with van der Waals surface area (Å²) < 4.78 is 12.9. The molecule has 1 atom stereocenters. The van der Waals surface area contributed by atoms with Gasteiger partial charge < -0.3 is 5.32 Å². The van der Waals surface area contributed by atoms with Crippen molar-refractivity contribution in [1.82, 2.24) is 0 Å². The van der Waals surface area contributed by atoms with Gasteiger partial charge in [0.05, 0.1) is 16.8 Å². The van der Waals surface area contributed by atoms with Gasteiger partial charge in [-0.15, -0.1) is 0 Å². The summed E-state index contributed by atoms with van der Waals surface area (Å²) in [6.07, 6.45) is 0.453. The van der Waals surface area contributed by atoms with Crippen LogP contribution in [0.25, 0.3) is 0 Å². The molecule has 4 heteroatoms. The number of nitrogens with zero attached hydrogens (tertiary/aromatic N) is 1. The standard InChI is InChI=1S/C16H14ClFN2/c1-16(11-19,10-12-6-8-13(18)9-7-12)20-15-5-3-2-4-14(15)17/h2-9,20H,10H2,1H3. The van der Waals surface area contributed by atoms with E-state index in [1.807, 2.05) is 18.2 Å². The monoisotopic (exact) mass is 288 g/mol. The second-order valence-electron chi connectivity index (χ2n) is 4.85. The Morgan fingerprint density at radius 2 is 1.85 bits per heavy atom. The van der Waals surface area contributed by atoms with Gasteiger partial charge >= 0.3 is 0 Å². The topological polar surface area (TPSA) is 35.8 Å². The molecule has 0 aliphatic heterocycles. The van der Waals surface area contributed by atoms with Crippen LogP contribution in [0.3, 0.4) is 0 Å². The third-order valence-electron chi connectivity index (χ3n) is 3.00. The molecule has 0 saturated carbocycles. The molecule has 0 saturated heterocycles. The fourth-order valence-corrected chi connectivity index (χ4v) is 2.16. The van der Waals surface area contributed by atoms with Crippen molar-refractivity contribution >= 4 is 17.3 Å². The first-order valence-corrected chi connectivity index (χ1v) is 6.59. The summed E-state index contributed by atoms with van der Waals surface area (Å²) in [5.41, 5.74) is 0.776. The third-order valence-corrected chi connectivity index (χ3v) is 3.33. The molecule has 2 aromatic carbocycles. The van der Waals surface area contributed by atoms with Crippen molar-refractivity contribution in [3.05, 3.63) is 64.9 Å². The molecule has 102 valence electrons. The van der Waals surface area contributed by atoms with Crippen LogP contribution >= 0.6 is 11.6 Å². The lowest BCUT2D eigenvalue weighted by Crippen LogP contribution is -2.35. The van der Waals surface area contributed by atoms with Crippen LogP contribution in [0, 0.1) is 17.1 Å². The van der Waals surface area contributed by atoms with E-state index in [1.165, 1.54) is 12.1 Å². The third kappa shape index (κ3) is 3.49. The highest BCUT2D eigenvalue weighted by Crippen LogP contribution is 2.26. The smallest absolute Gasteiger partial charge is 0.126 e. The van der Waals surface area contributed by atoms with Gasteiger partial charge in [-0.1, -0.05) is 35.9 Å². The van der Waals surface area contributed by atoms with Gasteiger partial charge in [-0.25, -0.2) is 4.39 Å². The minimum Gasteiger partial charge on any atom is -0.366 e. The average molecular weight is 289 g/mol. The first kappa shape index (κ1) is 14.4. The zero-order valence-corrected chi connectivity index (χ0v) is 11.8. The zero-order valence-electron chi connectivity index (χ0n) is 11.0. The van der Waals surface area contributed by atoms with Crippen LogP contribution in [0.15, 0.2) is 48.5 Å². The molecule has 20 heavy (non-hydrogen) atoms. The maximum Gasteiger partial charge on any atom is 0.126 e. The molecule has 0 radical (unpaired) electrons. The highest BCUT2D eigenvalue weighted by molar-refractivity contribution is 6.33. The van der Waals surface area contributed by atoms with Crippen molar-refractivity contribution in [2.75, 3.05) is 5.32 Å². The number of anilines is 1. The Balaban J connectivity index is 2.19. The van der Waals surface area contributed by atoms with E-state index in [9.17, 15) is 9.65 Å². The molecule has 0 bridgehead atoms. The lowest BCUT2D eigenvalue weighted by atomic mass is 9.94. The molecule has 0 aromatic heterocycles. The van der Waals surface area contributed by atoms with Crippen molar-refractivity contribution in [3.8, 4) is 6.07 Å². The van der Waals surface area contributed by atoms with Crippen molar-refractivity contribution in [2.45, 2.75) is 18.9 Å². The first-order chi connectivity index (χ1) is 9.52. The molecular formula is C16H14ClFN2. The van der Waals surface area contributed by atoms with Crippen LogP contribution in [-0.4, -0.2) is 5.54 Å². The molecule has 0 aliphatic rings. The molecule has 1 N–H and O–H groups in total. The molecular weight excluding hydrogens is 275 g/mol. The van der Waals surface area contributed by atoms with Crippen molar-refractivity contribution in [3.63, 3.8) is 0 Å². The zero-order chi connectivity index (χ0) is 14.6. The maximum atomic E-state index is 12.9. The number of benzene rings is 2. The number of hydrogen-bond donors (Lipinski definition) is 1. The van der Waals surface area contributed by atoms with E-state index < -0.39 is 5.54 Å². The number of nitrogens with one attached hydrogen (secondary N) is 1. The Morgan fingerprint density at radius 3 is 2.45 bits per heavy atom. The number of para-hydroxylation sites is 1. The maximum absolute atomic E-state index is 12.9. The Morgan fingerprint density at radius 1 is 1.20 bits per heavy atom. The molecule has 0 amide bonds. The second-order valence-corrected chi connectivity index (χ2v) is 5.26. The second kappa shape index (κ2) is 5.94. The number of rotatable bonds is 4. The lowest BCUT2D eigenvalue weighted by molar-refractivity contribution is 0.620. The molecule has 1 unspecified atom stereocenters. The summed E-state index contributed by atoms with van der Waals surface area (Å²) >= 11 is 6.09. The SMILES string of the molecule is CC(C#N)(Cc1ccc(F)cc1)Nc1ccccc1Cl. The normalized spacial score (nSPS) is 13.3. The molecule has 0 aliphatic carbocycles. The minimum absolute atomic E-state index is 0.286. The highest BCUT2D eigenvalue weighted by atomic mass is 35.5. The fourth-order valence-electron chi connectivity index (χ4n) is 1.98. The average Bonchev–Trinajstić information content (AvgIpc) is 2.44. The number of halogens is 2. The van der Waals surface area contributed by atoms with E-state index in [0.29, 0.717) is 17.1 Å². The van der Waals surface area contributed by atoms with Gasteiger partial charge in [0.25, 0.3) is 0 Å².